The van der Waals surface area contributed by atoms with Gasteiger partial charge in [0.1, 0.15) is 11.7 Å². The number of nitriles is 1. The maximum atomic E-state index is 14.0. The zero-order chi connectivity index (χ0) is 15.6. The molecule has 0 saturated heterocycles. The summed E-state index contributed by atoms with van der Waals surface area (Å²) in [6.07, 6.45) is 0. The number of hydrogen-bond acceptors (Lipinski definition) is 2. The van der Waals surface area contributed by atoms with Crippen LogP contribution in [0.5, 0.6) is 0 Å². The predicted molar refractivity (Wildman–Crippen MR) is 83.2 cm³/mol. The van der Waals surface area contributed by atoms with E-state index in [1.54, 1.807) is 12.1 Å². The van der Waals surface area contributed by atoms with Gasteiger partial charge in [-0.05, 0) is 24.3 Å². The minimum absolute atomic E-state index is 0.0538. The third-order valence-electron chi connectivity index (χ3n) is 2.88. The van der Waals surface area contributed by atoms with E-state index >= 15 is 0 Å². The van der Waals surface area contributed by atoms with Gasteiger partial charge in [0.25, 0.3) is 0 Å². The van der Waals surface area contributed by atoms with Crippen LogP contribution in [0.25, 0.3) is 0 Å². The molecule has 0 spiro atoms. The van der Waals surface area contributed by atoms with Crippen molar-refractivity contribution in [1.29, 1.82) is 5.26 Å². The van der Waals surface area contributed by atoms with Crippen molar-refractivity contribution < 1.29 is 9.18 Å². The molecule has 0 fully saturated rings. The van der Waals surface area contributed by atoms with E-state index in [1.807, 2.05) is 6.07 Å². The van der Waals surface area contributed by atoms with Crippen LogP contribution in [0.1, 0.15) is 21.8 Å². The van der Waals surface area contributed by atoms with Crippen LogP contribution in [-0.4, -0.2) is 5.78 Å². The smallest absolute Gasteiger partial charge is 0.185 e. The Kier molecular flexibility index (Phi) is 5.00. The average molecular weight is 387 g/mol. The van der Waals surface area contributed by atoms with Crippen molar-refractivity contribution in [2.75, 3.05) is 0 Å². The molecule has 0 N–H and O–H groups in total. The van der Waals surface area contributed by atoms with Crippen molar-refractivity contribution in [1.82, 2.24) is 0 Å². The highest BCUT2D eigenvalue weighted by molar-refractivity contribution is 9.10. The lowest BCUT2D eigenvalue weighted by atomic mass is 9.91. The first-order valence-corrected chi connectivity index (χ1v) is 7.33. The number of hydrogen-bond donors (Lipinski definition) is 0. The number of rotatable bonds is 3. The number of nitrogens with zero attached hydrogens (tertiary/aromatic N) is 1. The van der Waals surface area contributed by atoms with Crippen LogP contribution in [0.2, 0.25) is 10.0 Å². The number of Topliss-reactive ketones (excluding diaryl/α,β-unsaturated/α-hetero) is 1. The topological polar surface area (TPSA) is 40.9 Å². The summed E-state index contributed by atoms with van der Waals surface area (Å²) in [5.41, 5.74) is 0.162. The van der Waals surface area contributed by atoms with Gasteiger partial charge in [0, 0.05) is 20.6 Å². The van der Waals surface area contributed by atoms with Crippen LogP contribution in [0.4, 0.5) is 4.39 Å². The second-order valence-corrected chi connectivity index (χ2v) is 5.89. The fourth-order valence-electron chi connectivity index (χ4n) is 1.85. The number of halogens is 4. The van der Waals surface area contributed by atoms with Gasteiger partial charge in [0.15, 0.2) is 5.78 Å². The molecule has 0 aliphatic rings. The molecule has 2 aromatic carbocycles. The van der Waals surface area contributed by atoms with Crippen LogP contribution in [0.3, 0.4) is 0 Å². The third kappa shape index (κ3) is 3.26. The number of benzene rings is 2. The third-order valence-corrected chi connectivity index (χ3v) is 4.10. The Hall–Kier alpha value is -1.41. The Bertz CT molecular complexity index is 758. The Balaban J connectivity index is 2.52. The molecular formula is C15H7BrCl2FNO. The Morgan fingerprint density at radius 3 is 2.67 bits per heavy atom. The molecule has 2 nitrogen and oxygen atoms in total. The SMILES string of the molecule is N#CC(C(=O)c1cc(Cl)ccc1Br)c1cccc(Cl)c1F. The summed E-state index contributed by atoms with van der Waals surface area (Å²) in [6.45, 7) is 0. The molecule has 0 aromatic heterocycles. The zero-order valence-corrected chi connectivity index (χ0v) is 13.5. The molecule has 0 heterocycles. The lowest BCUT2D eigenvalue weighted by molar-refractivity contribution is 0.0976. The van der Waals surface area contributed by atoms with Crippen molar-refractivity contribution in [3.05, 3.63) is 67.9 Å². The van der Waals surface area contributed by atoms with Crippen molar-refractivity contribution >= 4 is 44.9 Å². The van der Waals surface area contributed by atoms with E-state index in [9.17, 15) is 14.4 Å². The second-order valence-electron chi connectivity index (χ2n) is 4.19. The van der Waals surface area contributed by atoms with Gasteiger partial charge in [-0.1, -0.05) is 51.3 Å². The van der Waals surface area contributed by atoms with E-state index in [2.05, 4.69) is 15.9 Å². The van der Waals surface area contributed by atoms with E-state index in [1.165, 1.54) is 24.3 Å². The Morgan fingerprint density at radius 2 is 2.00 bits per heavy atom. The van der Waals surface area contributed by atoms with Gasteiger partial charge in [-0.2, -0.15) is 5.26 Å². The van der Waals surface area contributed by atoms with Crippen molar-refractivity contribution in [2.45, 2.75) is 5.92 Å². The predicted octanol–water partition coefficient (Wildman–Crippen LogP) is 5.39. The highest BCUT2D eigenvalue weighted by Crippen LogP contribution is 2.30. The summed E-state index contributed by atoms with van der Waals surface area (Å²) >= 11 is 14.8. The summed E-state index contributed by atoms with van der Waals surface area (Å²) in [5.74, 6) is -2.61. The summed E-state index contributed by atoms with van der Waals surface area (Å²) in [4.78, 5) is 12.5. The van der Waals surface area contributed by atoms with Crippen LogP contribution in [-0.2, 0) is 0 Å². The fraction of sp³-hybridized carbons (Fsp3) is 0.0667. The summed E-state index contributed by atoms with van der Waals surface area (Å²) in [7, 11) is 0. The Morgan fingerprint density at radius 1 is 1.29 bits per heavy atom. The highest BCUT2D eigenvalue weighted by Gasteiger charge is 2.27. The van der Waals surface area contributed by atoms with Crippen molar-refractivity contribution in [3.63, 3.8) is 0 Å². The summed E-state index contributed by atoms with van der Waals surface area (Å²) in [6, 6.07) is 10.7. The van der Waals surface area contributed by atoms with Gasteiger partial charge < -0.3 is 0 Å². The van der Waals surface area contributed by atoms with Gasteiger partial charge in [-0.25, -0.2) is 4.39 Å². The molecule has 0 aliphatic carbocycles. The molecule has 2 aromatic rings. The maximum absolute atomic E-state index is 14.0. The molecule has 1 unspecified atom stereocenters. The molecule has 6 heteroatoms. The molecular weight excluding hydrogens is 380 g/mol. The van der Waals surface area contributed by atoms with Crippen molar-refractivity contribution in [3.8, 4) is 6.07 Å². The molecule has 1 atom stereocenters. The van der Waals surface area contributed by atoms with Gasteiger partial charge >= 0.3 is 0 Å². The standard InChI is InChI=1S/C15H7BrCl2FNO/c16-12-5-4-8(17)6-10(12)15(21)11(7-20)9-2-1-3-13(18)14(9)19/h1-6,11H. The molecule has 2 rings (SSSR count). The highest BCUT2D eigenvalue weighted by atomic mass is 79.9. The fourth-order valence-corrected chi connectivity index (χ4v) is 2.65. The number of ketones is 1. The minimum Gasteiger partial charge on any atom is -0.292 e. The van der Waals surface area contributed by atoms with Gasteiger partial charge in [0.2, 0.25) is 0 Å². The van der Waals surface area contributed by atoms with Crippen LogP contribution < -0.4 is 0 Å². The molecule has 106 valence electrons. The Labute approximate surface area is 139 Å². The molecule has 21 heavy (non-hydrogen) atoms. The second kappa shape index (κ2) is 6.57. The molecule has 0 saturated carbocycles. The van der Waals surface area contributed by atoms with Gasteiger partial charge in [-0.15, -0.1) is 0 Å². The first-order valence-electron chi connectivity index (χ1n) is 5.78. The first-order chi connectivity index (χ1) is 9.95. The van der Waals surface area contributed by atoms with Gasteiger partial charge in [-0.3, -0.25) is 4.79 Å². The van der Waals surface area contributed by atoms with E-state index < -0.39 is 17.5 Å². The van der Waals surface area contributed by atoms with Crippen molar-refractivity contribution in [2.24, 2.45) is 0 Å². The monoisotopic (exact) mass is 385 g/mol. The molecule has 0 bridgehead atoms. The van der Waals surface area contributed by atoms with E-state index in [0.717, 1.165) is 0 Å². The largest absolute Gasteiger partial charge is 0.292 e. The number of carbonyl (C=O) groups is 1. The molecule has 0 radical (unpaired) electrons. The van der Waals surface area contributed by atoms with E-state index in [0.29, 0.717) is 9.50 Å². The normalized spacial score (nSPS) is 11.8. The quantitative estimate of drug-likeness (QED) is 0.664. The number of carbonyl (C=O) groups excluding carboxylic acids is 1. The summed E-state index contributed by atoms with van der Waals surface area (Å²) < 4.78 is 14.5. The minimum atomic E-state index is -1.29. The molecule has 0 aliphatic heterocycles. The summed E-state index contributed by atoms with van der Waals surface area (Å²) in [5, 5.41) is 9.48. The van der Waals surface area contributed by atoms with Gasteiger partial charge in [0.05, 0.1) is 11.1 Å². The molecule has 0 amide bonds. The van der Waals surface area contributed by atoms with E-state index in [-0.39, 0.29) is 16.1 Å². The lowest BCUT2D eigenvalue weighted by Crippen LogP contribution is -2.13. The van der Waals surface area contributed by atoms with Crippen LogP contribution in [0, 0.1) is 17.1 Å². The lowest BCUT2D eigenvalue weighted by Gasteiger charge is -2.12. The van der Waals surface area contributed by atoms with Crippen LogP contribution >= 0.6 is 39.1 Å². The average Bonchev–Trinajstić information content (AvgIpc) is 2.46. The van der Waals surface area contributed by atoms with E-state index in [4.69, 9.17) is 23.2 Å². The van der Waals surface area contributed by atoms with Crippen LogP contribution in [0.15, 0.2) is 40.9 Å². The zero-order valence-electron chi connectivity index (χ0n) is 10.4. The first kappa shape index (κ1) is 16.0. The maximum Gasteiger partial charge on any atom is 0.185 e.